The molecule has 3 aromatic rings. The molecule has 5 rings (SSSR count). The highest BCUT2D eigenvalue weighted by molar-refractivity contribution is 5.82. The Labute approximate surface area is 188 Å². The Kier molecular flexibility index (Phi) is 5.55. The number of fused-ring (bicyclic) bond motifs is 3. The quantitative estimate of drug-likeness (QED) is 0.556. The fourth-order valence-electron chi connectivity index (χ4n) is 5.07. The van der Waals surface area contributed by atoms with Crippen molar-refractivity contribution in [3.63, 3.8) is 0 Å². The summed E-state index contributed by atoms with van der Waals surface area (Å²) in [4.78, 5) is 26.0. The summed E-state index contributed by atoms with van der Waals surface area (Å²) < 4.78 is 29.7. The molecule has 8 heteroatoms. The zero-order valence-electron chi connectivity index (χ0n) is 17.7. The predicted molar refractivity (Wildman–Crippen MR) is 118 cm³/mol. The Hall–Kier alpha value is -3.36. The number of hydrogen-bond donors (Lipinski definition) is 3. The van der Waals surface area contributed by atoms with Crippen molar-refractivity contribution in [2.45, 2.75) is 25.2 Å². The van der Waals surface area contributed by atoms with Crippen molar-refractivity contribution >= 4 is 5.91 Å². The first-order valence-electron chi connectivity index (χ1n) is 10.9. The number of halogens is 2. The first kappa shape index (κ1) is 21.5. The zero-order chi connectivity index (χ0) is 23.1. The average Bonchev–Trinajstić information content (AvgIpc) is 3.36. The number of aromatic nitrogens is 1. The highest BCUT2D eigenvalue weighted by atomic mass is 19.1. The Morgan fingerprint density at radius 3 is 2.48 bits per heavy atom. The number of rotatable bonds is 5. The molecule has 1 saturated heterocycles. The number of carbonyl (C=O) groups excluding carboxylic acids is 1. The molecule has 3 N–H and O–H groups in total. The molecule has 1 aromatic heterocycles. The predicted octanol–water partition coefficient (Wildman–Crippen LogP) is 2.36. The van der Waals surface area contributed by atoms with E-state index in [2.05, 4.69) is 10.6 Å². The van der Waals surface area contributed by atoms with Gasteiger partial charge in [-0.2, -0.15) is 0 Å². The number of pyridine rings is 1. The van der Waals surface area contributed by atoms with Gasteiger partial charge < -0.3 is 15.0 Å². The van der Waals surface area contributed by atoms with Crippen LogP contribution in [0, 0.1) is 23.5 Å². The van der Waals surface area contributed by atoms with E-state index < -0.39 is 23.6 Å². The molecule has 33 heavy (non-hydrogen) atoms. The Morgan fingerprint density at radius 2 is 1.76 bits per heavy atom. The van der Waals surface area contributed by atoms with Crippen LogP contribution in [0.3, 0.4) is 0 Å². The van der Waals surface area contributed by atoms with Gasteiger partial charge in [-0.05, 0) is 24.3 Å². The third-order valence-electron chi connectivity index (χ3n) is 6.75. The normalized spacial score (nSPS) is 23.2. The second-order valence-corrected chi connectivity index (χ2v) is 8.51. The molecule has 6 nitrogen and oxygen atoms in total. The van der Waals surface area contributed by atoms with E-state index in [1.54, 1.807) is 53.1 Å². The van der Waals surface area contributed by atoms with Gasteiger partial charge in [0.15, 0.2) is 0 Å². The maximum Gasteiger partial charge on any atom is 0.258 e. The van der Waals surface area contributed by atoms with Crippen molar-refractivity contribution in [2.24, 2.45) is 11.8 Å². The Morgan fingerprint density at radius 1 is 1.03 bits per heavy atom. The Balaban J connectivity index is 1.38. The van der Waals surface area contributed by atoms with Crippen LogP contribution >= 0.6 is 0 Å². The number of aliphatic hydroxyl groups excluding tert-OH is 1. The van der Waals surface area contributed by atoms with Crippen LogP contribution in [0.15, 0.2) is 65.5 Å². The van der Waals surface area contributed by atoms with Crippen LogP contribution in [0.2, 0.25) is 0 Å². The molecule has 1 fully saturated rings. The maximum atomic E-state index is 14.3. The van der Waals surface area contributed by atoms with E-state index in [0.29, 0.717) is 17.8 Å². The lowest BCUT2D eigenvalue weighted by Crippen LogP contribution is -2.46. The Bertz CT molecular complexity index is 1280. The van der Waals surface area contributed by atoms with Gasteiger partial charge >= 0.3 is 0 Å². The van der Waals surface area contributed by atoms with Gasteiger partial charge in [0.25, 0.3) is 5.56 Å². The molecule has 3 heterocycles. The van der Waals surface area contributed by atoms with E-state index in [-0.39, 0.29) is 47.7 Å². The van der Waals surface area contributed by atoms with E-state index in [0.717, 1.165) is 0 Å². The van der Waals surface area contributed by atoms with Gasteiger partial charge in [0.1, 0.15) is 11.6 Å². The van der Waals surface area contributed by atoms with Gasteiger partial charge in [-0.3, -0.25) is 14.9 Å². The molecule has 1 amide bonds. The summed E-state index contributed by atoms with van der Waals surface area (Å²) in [5, 5.41) is 16.1. The van der Waals surface area contributed by atoms with E-state index in [1.807, 2.05) is 0 Å². The van der Waals surface area contributed by atoms with Crippen molar-refractivity contribution in [3.05, 3.63) is 93.9 Å². The lowest BCUT2D eigenvalue weighted by atomic mass is 9.88. The van der Waals surface area contributed by atoms with Crippen LogP contribution in [0.1, 0.15) is 17.3 Å². The molecule has 0 unspecified atom stereocenters. The number of benzene rings is 2. The maximum absolute atomic E-state index is 14.3. The highest BCUT2D eigenvalue weighted by Crippen LogP contribution is 2.42. The van der Waals surface area contributed by atoms with E-state index in [9.17, 15) is 23.5 Å². The van der Waals surface area contributed by atoms with E-state index in [4.69, 9.17) is 0 Å². The van der Waals surface area contributed by atoms with Gasteiger partial charge in [-0.25, -0.2) is 8.78 Å². The summed E-state index contributed by atoms with van der Waals surface area (Å²) in [5.41, 5.74) is 1.30. The monoisotopic (exact) mass is 451 g/mol. The third kappa shape index (κ3) is 3.65. The van der Waals surface area contributed by atoms with Crippen LogP contribution in [-0.4, -0.2) is 28.2 Å². The van der Waals surface area contributed by atoms with Crippen molar-refractivity contribution in [1.82, 2.24) is 15.2 Å². The second kappa shape index (κ2) is 8.53. The van der Waals surface area contributed by atoms with Gasteiger partial charge in [-0.1, -0.05) is 36.4 Å². The second-order valence-electron chi connectivity index (χ2n) is 8.51. The lowest BCUT2D eigenvalue weighted by molar-refractivity contribution is -0.124. The summed E-state index contributed by atoms with van der Waals surface area (Å²) >= 11 is 0. The van der Waals surface area contributed by atoms with Crippen LogP contribution in [0.4, 0.5) is 8.78 Å². The number of aliphatic hydroxyl groups is 1. The average molecular weight is 451 g/mol. The summed E-state index contributed by atoms with van der Waals surface area (Å²) in [5.74, 6) is -1.80. The van der Waals surface area contributed by atoms with Crippen molar-refractivity contribution in [2.75, 3.05) is 6.61 Å². The molecule has 0 aliphatic carbocycles. The van der Waals surface area contributed by atoms with Gasteiger partial charge in [0.2, 0.25) is 5.91 Å². The lowest BCUT2D eigenvalue weighted by Gasteiger charge is -2.21. The molecule has 0 saturated carbocycles. The van der Waals surface area contributed by atoms with Gasteiger partial charge in [0, 0.05) is 48.4 Å². The minimum atomic E-state index is -0.674. The standard InChI is InChI=1S/C25H23F2N3O3/c26-19-7-3-1-5-14(19)11-28-24(32)23-18(13-31)17-12-30-21(22(17)29-23)10-9-16(25(30)33)15-6-2-4-8-20(15)27/h1-10,17-18,22-23,29,31H,11-13H2,(H,28,32)/t17-,18-,22+,23-/m0/s1. The van der Waals surface area contributed by atoms with E-state index in [1.165, 1.54) is 12.1 Å². The van der Waals surface area contributed by atoms with Crippen molar-refractivity contribution < 1.29 is 18.7 Å². The fourth-order valence-corrected chi connectivity index (χ4v) is 5.07. The minimum Gasteiger partial charge on any atom is -0.396 e. The van der Waals surface area contributed by atoms with Gasteiger partial charge in [0.05, 0.1) is 17.6 Å². The smallest absolute Gasteiger partial charge is 0.258 e. The van der Waals surface area contributed by atoms with Crippen molar-refractivity contribution in [1.29, 1.82) is 0 Å². The van der Waals surface area contributed by atoms with Crippen molar-refractivity contribution in [3.8, 4) is 11.1 Å². The highest BCUT2D eigenvalue weighted by Gasteiger charge is 2.50. The summed E-state index contributed by atoms with van der Waals surface area (Å²) in [6, 6.07) is 14.8. The molecule has 0 bridgehead atoms. The minimum absolute atomic E-state index is 0.0409. The largest absolute Gasteiger partial charge is 0.396 e. The zero-order valence-corrected chi connectivity index (χ0v) is 17.7. The molecule has 4 atom stereocenters. The fraction of sp³-hybridized carbons (Fsp3) is 0.280. The molecule has 2 aromatic carbocycles. The van der Waals surface area contributed by atoms with E-state index >= 15 is 0 Å². The van der Waals surface area contributed by atoms with Crippen LogP contribution < -0.4 is 16.2 Å². The SMILES string of the molecule is O=C(NCc1ccccc1F)[C@H]1N[C@H]2c3ccc(-c4ccccc4F)c(=O)n3C[C@H]2[C@@H]1CO. The van der Waals surface area contributed by atoms with Crippen LogP contribution in [0.25, 0.3) is 11.1 Å². The third-order valence-corrected chi connectivity index (χ3v) is 6.75. The topological polar surface area (TPSA) is 83.4 Å². The number of amides is 1. The first-order valence-corrected chi connectivity index (χ1v) is 10.9. The molecule has 2 aliphatic heterocycles. The number of hydrogen-bond acceptors (Lipinski definition) is 4. The molecule has 2 aliphatic rings. The number of carbonyl (C=O) groups is 1. The van der Waals surface area contributed by atoms with Crippen LogP contribution in [-0.2, 0) is 17.9 Å². The number of nitrogens with one attached hydrogen (secondary N) is 2. The summed E-state index contributed by atoms with van der Waals surface area (Å²) in [6.45, 7) is 0.116. The van der Waals surface area contributed by atoms with Gasteiger partial charge in [-0.15, -0.1) is 0 Å². The van der Waals surface area contributed by atoms with Crippen LogP contribution in [0.5, 0.6) is 0 Å². The molecule has 0 radical (unpaired) electrons. The first-order chi connectivity index (χ1) is 16.0. The number of nitrogens with zero attached hydrogens (tertiary/aromatic N) is 1. The molecular formula is C25H23F2N3O3. The molecule has 170 valence electrons. The summed E-state index contributed by atoms with van der Waals surface area (Å²) in [6.07, 6.45) is 0. The summed E-state index contributed by atoms with van der Waals surface area (Å²) in [7, 11) is 0. The molecular weight excluding hydrogens is 428 g/mol. The molecule has 0 spiro atoms.